The first-order chi connectivity index (χ1) is 9.72. The second-order valence-electron chi connectivity index (χ2n) is 6.10. The number of hydrogen-bond acceptors (Lipinski definition) is 3. The summed E-state index contributed by atoms with van der Waals surface area (Å²) in [6.07, 6.45) is 5.70. The van der Waals surface area contributed by atoms with Crippen LogP contribution in [0.3, 0.4) is 0 Å². The van der Waals surface area contributed by atoms with Gasteiger partial charge in [0.2, 0.25) is 0 Å². The fourth-order valence-electron chi connectivity index (χ4n) is 3.48. The van der Waals surface area contributed by atoms with E-state index in [-0.39, 0.29) is 0 Å². The van der Waals surface area contributed by atoms with Gasteiger partial charge < -0.3 is 0 Å². The first-order valence-electron chi connectivity index (χ1n) is 7.70. The Balaban J connectivity index is 1.61. The molecule has 2 atom stereocenters. The van der Waals surface area contributed by atoms with Gasteiger partial charge in [-0.25, -0.2) is 0 Å². The number of benzene rings is 1. The van der Waals surface area contributed by atoms with E-state index in [9.17, 15) is 4.79 Å². The topological polar surface area (TPSA) is 20.3 Å². The lowest BCUT2D eigenvalue weighted by atomic mass is 9.97. The van der Waals surface area contributed by atoms with Crippen LogP contribution in [-0.4, -0.2) is 35.1 Å². The average Bonchev–Trinajstić information content (AvgIpc) is 2.82. The molecule has 2 aliphatic rings. The van der Waals surface area contributed by atoms with Gasteiger partial charge in [0.1, 0.15) is 5.78 Å². The maximum absolute atomic E-state index is 11.4. The highest BCUT2D eigenvalue weighted by molar-refractivity contribution is 8.00. The van der Waals surface area contributed by atoms with Gasteiger partial charge >= 0.3 is 0 Å². The van der Waals surface area contributed by atoms with E-state index in [2.05, 4.69) is 29.2 Å². The summed E-state index contributed by atoms with van der Waals surface area (Å²) >= 11 is 2.02. The van der Waals surface area contributed by atoms with Gasteiger partial charge in [-0.3, -0.25) is 9.69 Å². The third-order valence-corrected chi connectivity index (χ3v) is 5.73. The van der Waals surface area contributed by atoms with Crippen molar-refractivity contribution in [1.29, 1.82) is 0 Å². The lowest BCUT2D eigenvalue weighted by molar-refractivity contribution is -0.118. The maximum Gasteiger partial charge on any atom is 0.131 e. The molecule has 0 bridgehead atoms. The number of carbonyl (C=O) groups excluding carboxylic acids is 1. The SMILES string of the molecule is CC(=O)CC1CCCCN1CC1Cc2ccccc2S1. The molecule has 2 unspecified atom stereocenters. The Kier molecular flexibility index (Phi) is 4.47. The lowest BCUT2D eigenvalue weighted by Gasteiger charge is -2.36. The molecule has 1 aromatic carbocycles. The Bertz CT molecular complexity index is 463. The van der Waals surface area contributed by atoms with Crippen molar-refractivity contribution < 1.29 is 4.79 Å². The van der Waals surface area contributed by atoms with Gasteiger partial charge in [-0.05, 0) is 44.4 Å². The van der Waals surface area contributed by atoms with Gasteiger partial charge in [0, 0.05) is 29.2 Å². The largest absolute Gasteiger partial charge is 0.300 e. The van der Waals surface area contributed by atoms with E-state index >= 15 is 0 Å². The van der Waals surface area contributed by atoms with Crippen molar-refractivity contribution in [3.05, 3.63) is 29.8 Å². The smallest absolute Gasteiger partial charge is 0.131 e. The highest BCUT2D eigenvalue weighted by atomic mass is 32.2. The fourth-order valence-corrected chi connectivity index (χ4v) is 4.83. The standard InChI is InChI=1S/C17H23NOS/c1-13(19)10-15-7-4-5-9-18(15)12-16-11-14-6-2-3-8-17(14)20-16/h2-3,6,8,15-16H,4-5,7,9-12H2,1H3. The third-order valence-electron chi connectivity index (χ3n) is 4.42. The van der Waals surface area contributed by atoms with Crippen molar-refractivity contribution in [2.75, 3.05) is 13.1 Å². The van der Waals surface area contributed by atoms with E-state index < -0.39 is 0 Å². The summed E-state index contributed by atoms with van der Waals surface area (Å²) in [4.78, 5) is 15.5. The highest BCUT2D eigenvalue weighted by Gasteiger charge is 2.29. The summed E-state index contributed by atoms with van der Waals surface area (Å²) < 4.78 is 0. The summed E-state index contributed by atoms with van der Waals surface area (Å²) in [5.74, 6) is 0.337. The van der Waals surface area contributed by atoms with E-state index in [4.69, 9.17) is 0 Å². The van der Waals surface area contributed by atoms with Gasteiger partial charge in [-0.15, -0.1) is 11.8 Å². The molecule has 3 heteroatoms. The summed E-state index contributed by atoms with van der Waals surface area (Å²) in [6.45, 7) is 4.04. The average molecular weight is 289 g/mol. The van der Waals surface area contributed by atoms with Crippen LogP contribution in [0.4, 0.5) is 0 Å². The van der Waals surface area contributed by atoms with Gasteiger partial charge in [0.15, 0.2) is 0 Å². The molecule has 108 valence electrons. The first kappa shape index (κ1) is 14.2. The number of piperidine rings is 1. The summed E-state index contributed by atoms with van der Waals surface area (Å²) in [7, 11) is 0. The predicted molar refractivity (Wildman–Crippen MR) is 84.3 cm³/mol. The third kappa shape index (κ3) is 3.26. The van der Waals surface area contributed by atoms with Crippen molar-refractivity contribution in [1.82, 2.24) is 4.90 Å². The molecule has 0 N–H and O–H groups in total. The number of fused-ring (bicyclic) bond motifs is 1. The van der Waals surface area contributed by atoms with Crippen molar-refractivity contribution in [3.8, 4) is 0 Å². The number of thioether (sulfide) groups is 1. The number of rotatable bonds is 4. The van der Waals surface area contributed by atoms with Crippen LogP contribution in [-0.2, 0) is 11.2 Å². The fraction of sp³-hybridized carbons (Fsp3) is 0.588. The van der Waals surface area contributed by atoms with Crippen molar-refractivity contribution in [2.45, 2.75) is 55.2 Å². The molecule has 1 fully saturated rings. The highest BCUT2D eigenvalue weighted by Crippen LogP contribution is 2.37. The molecule has 3 rings (SSSR count). The van der Waals surface area contributed by atoms with E-state index in [1.54, 1.807) is 6.92 Å². The Morgan fingerprint density at radius 2 is 2.20 bits per heavy atom. The zero-order valence-corrected chi connectivity index (χ0v) is 13.0. The van der Waals surface area contributed by atoms with Crippen LogP contribution in [0.15, 0.2) is 29.2 Å². The number of likely N-dealkylation sites (tertiary alicyclic amines) is 1. The summed E-state index contributed by atoms with van der Waals surface area (Å²) in [5.41, 5.74) is 1.50. The maximum atomic E-state index is 11.4. The quantitative estimate of drug-likeness (QED) is 0.845. The molecule has 1 aromatic rings. The second-order valence-corrected chi connectivity index (χ2v) is 7.44. The molecule has 0 aliphatic carbocycles. The molecular weight excluding hydrogens is 266 g/mol. The minimum atomic E-state index is 0.337. The molecule has 0 saturated carbocycles. The molecule has 2 aliphatic heterocycles. The first-order valence-corrected chi connectivity index (χ1v) is 8.58. The lowest BCUT2D eigenvalue weighted by Crippen LogP contribution is -2.43. The second kappa shape index (κ2) is 6.31. The van der Waals surface area contributed by atoms with Crippen LogP contribution < -0.4 is 0 Å². The van der Waals surface area contributed by atoms with E-state index in [0.29, 0.717) is 17.1 Å². The van der Waals surface area contributed by atoms with Crippen LogP contribution in [0.5, 0.6) is 0 Å². The molecule has 2 heterocycles. The molecular formula is C17H23NOS. The number of Topliss-reactive ketones (excluding diaryl/α,β-unsaturated/α-hetero) is 1. The summed E-state index contributed by atoms with van der Waals surface area (Å²) in [5, 5.41) is 0.667. The van der Waals surface area contributed by atoms with E-state index in [1.165, 1.54) is 42.7 Å². The van der Waals surface area contributed by atoms with Gasteiger partial charge in [0.05, 0.1) is 0 Å². The van der Waals surface area contributed by atoms with Crippen molar-refractivity contribution >= 4 is 17.5 Å². The Morgan fingerprint density at radius 1 is 1.35 bits per heavy atom. The minimum Gasteiger partial charge on any atom is -0.300 e. The molecule has 0 spiro atoms. The number of carbonyl (C=O) groups is 1. The van der Waals surface area contributed by atoms with Gasteiger partial charge in [0.25, 0.3) is 0 Å². The van der Waals surface area contributed by atoms with Gasteiger partial charge in [-0.2, -0.15) is 0 Å². The normalized spacial score (nSPS) is 26.4. The Morgan fingerprint density at radius 3 is 3.00 bits per heavy atom. The molecule has 2 nitrogen and oxygen atoms in total. The molecule has 20 heavy (non-hydrogen) atoms. The van der Waals surface area contributed by atoms with E-state index in [1.807, 2.05) is 11.8 Å². The Hall–Kier alpha value is -0.800. The molecule has 0 amide bonds. The molecule has 0 radical (unpaired) electrons. The van der Waals surface area contributed by atoms with Crippen LogP contribution in [0, 0.1) is 0 Å². The molecule has 1 saturated heterocycles. The van der Waals surface area contributed by atoms with Crippen LogP contribution in [0.1, 0.15) is 38.2 Å². The minimum absolute atomic E-state index is 0.337. The monoisotopic (exact) mass is 289 g/mol. The van der Waals surface area contributed by atoms with Crippen molar-refractivity contribution in [3.63, 3.8) is 0 Å². The Labute approximate surface area is 125 Å². The zero-order chi connectivity index (χ0) is 13.9. The zero-order valence-electron chi connectivity index (χ0n) is 12.2. The van der Waals surface area contributed by atoms with E-state index in [0.717, 1.165) is 13.0 Å². The van der Waals surface area contributed by atoms with Gasteiger partial charge in [-0.1, -0.05) is 24.6 Å². The molecule has 0 aromatic heterocycles. The number of ketones is 1. The number of hydrogen-bond donors (Lipinski definition) is 0. The van der Waals surface area contributed by atoms with Crippen LogP contribution in [0.2, 0.25) is 0 Å². The van der Waals surface area contributed by atoms with Crippen molar-refractivity contribution in [2.24, 2.45) is 0 Å². The number of nitrogens with zero attached hydrogens (tertiary/aromatic N) is 1. The summed E-state index contributed by atoms with van der Waals surface area (Å²) in [6, 6.07) is 9.26. The predicted octanol–water partition coefficient (Wildman–Crippen LogP) is 3.54. The van der Waals surface area contributed by atoms with Crippen LogP contribution in [0.25, 0.3) is 0 Å². The van der Waals surface area contributed by atoms with Crippen LogP contribution >= 0.6 is 11.8 Å².